The van der Waals surface area contributed by atoms with Crippen molar-refractivity contribution in [1.29, 1.82) is 0 Å². The highest BCUT2D eigenvalue weighted by molar-refractivity contribution is 6.00. The summed E-state index contributed by atoms with van der Waals surface area (Å²) in [6.07, 6.45) is 0.0345. The summed E-state index contributed by atoms with van der Waals surface area (Å²) in [6, 6.07) is 12.6. The van der Waals surface area contributed by atoms with Gasteiger partial charge in [0.15, 0.2) is 18.1 Å². The number of hydrogen-bond donors (Lipinski definition) is 1. The van der Waals surface area contributed by atoms with Crippen molar-refractivity contribution in [3.8, 4) is 11.5 Å². The number of rotatable bonds is 5. The normalized spacial score (nSPS) is 17.6. The van der Waals surface area contributed by atoms with Gasteiger partial charge in [-0.05, 0) is 36.8 Å². The lowest BCUT2D eigenvalue weighted by Crippen LogP contribution is -2.28. The van der Waals surface area contributed by atoms with E-state index in [-0.39, 0.29) is 18.9 Å². The van der Waals surface area contributed by atoms with E-state index in [0.717, 1.165) is 5.56 Å². The van der Waals surface area contributed by atoms with E-state index in [2.05, 4.69) is 5.32 Å². The van der Waals surface area contributed by atoms with Crippen LogP contribution in [0.15, 0.2) is 42.5 Å². The molecule has 0 radical (unpaired) electrons. The molecule has 30 heavy (non-hydrogen) atoms. The molecule has 0 bridgehead atoms. The number of fused-ring (bicyclic) bond motifs is 1. The Morgan fingerprint density at radius 2 is 1.93 bits per heavy atom. The molecule has 2 aromatic rings. The van der Waals surface area contributed by atoms with Gasteiger partial charge in [0.2, 0.25) is 5.91 Å². The van der Waals surface area contributed by atoms with Gasteiger partial charge in [-0.2, -0.15) is 0 Å². The zero-order valence-electron chi connectivity index (χ0n) is 16.6. The van der Waals surface area contributed by atoms with Crippen molar-refractivity contribution in [3.05, 3.63) is 48.0 Å². The van der Waals surface area contributed by atoms with Gasteiger partial charge in [0.25, 0.3) is 5.91 Å². The van der Waals surface area contributed by atoms with Gasteiger partial charge >= 0.3 is 5.97 Å². The van der Waals surface area contributed by atoms with Crippen LogP contribution < -0.4 is 19.7 Å². The third-order valence-corrected chi connectivity index (χ3v) is 4.94. The molecule has 4 rings (SSSR count). The highest BCUT2D eigenvalue weighted by Gasteiger charge is 2.36. The van der Waals surface area contributed by atoms with Gasteiger partial charge in [0, 0.05) is 30.4 Å². The molecule has 1 saturated heterocycles. The predicted molar refractivity (Wildman–Crippen MR) is 109 cm³/mol. The van der Waals surface area contributed by atoms with E-state index >= 15 is 0 Å². The largest absolute Gasteiger partial charge is 0.486 e. The number of nitrogens with one attached hydrogen (secondary N) is 1. The summed E-state index contributed by atoms with van der Waals surface area (Å²) in [4.78, 5) is 38.4. The van der Waals surface area contributed by atoms with Crippen molar-refractivity contribution in [1.82, 2.24) is 0 Å². The molecule has 8 heteroatoms. The van der Waals surface area contributed by atoms with E-state index in [1.165, 1.54) is 4.90 Å². The van der Waals surface area contributed by atoms with Gasteiger partial charge in [-0.1, -0.05) is 12.1 Å². The van der Waals surface area contributed by atoms with Crippen LogP contribution in [-0.4, -0.2) is 44.1 Å². The number of hydrogen-bond acceptors (Lipinski definition) is 6. The second kappa shape index (κ2) is 8.44. The van der Waals surface area contributed by atoms with Crippen LogP contribution in [0.5, 0.6) is 11.5 Å². The average molecular weight is 410 g/mol. The predicted octanol–water partition coefficient (Wildman–Crippen LogP) is 2.30. The summed E-state index contributed by atoms with van der Waals surface area (Å²) in [5.74, 6) is -0.599. The SMILES string of the molecule is Cc1cccc(NC(=O)COC(=O)[C@H]2CC(=O)N(c3ccc4c(c3)OCCO4)C2)c1. The van der Waals surface area contributed by atoms with Gasteiger partial charge in [-0.3, -0.25) is 14.4 Å². The zero-order chi connectivity index (χ0) is 21.1. The highest BCUT2D eigenvalue weighted by Crippen LogP contribution is 2.36. The van der Waals surface area contributed by atoms with E-state index < -0.39 is 24.4 Å². The monoisotopic (exact) mass is 410 g/mol. The minimum atomic E-state index is -0.627. The van der Waals surface area contributed by atoms with Crippen LogP contribution in [0.1, 0.15) is 12.0 Å². The molecule has 2 aromatic carbocycles. The molecule has 2 heterocycles. The molecular weight excluding hydrogens is 388 g/mol. The minimum absolute atomic E-state index is 0.0345. The fourth-order valence-electron chi connectivity index (χ4n) is 3.49. The van der Waals surface area contributed by atoms with E-state index in [0.29, 0.717) is 36.1 Å². The molecule has 1 N–H and O–H groups in total. The van der Waals surface area contributed by atoms with Crippen LogP contribution in [0.2, 0.25) is 0 Å². The Morgan fingerprint density at radius 1 is 1.13 bits per heavy atom. The lowest BCUT2D eigenvalue weighted by atomic mass is 10.1. The van der Waals surface area contributed by atoms with Gasteiger partial charge in [-0.25, -0.2) is 0 Å². The average Bonchev–Trinajstić information content (AvgIpc) is 3.13. The van der Waals surface area contributed by atoms with Crippen LogP contribution in [-0.2, 0) is 19.1 Å². The Kier molecular flexibility index (Phi) is 5.56. The molecule has 0 saturated carbocycles. The summed E-state index contributed by atoms with van der Waals surface area (Å²) < 4.78 is 16.2. The van der Waals surface area contributed by atoms with Gasteiger partial charge < -0.3 is 24.4 Å². The van der Waals surface area contributed by atoms with E-state index in [1.807, 2.05) is 25.1 Å². The molecule has 0 spiro atoms. The first-order valence-electron chi connectivity index (χ1n) is 9.73. The first kappa shape index (κ1) is 19.8. The summed E-state index contributed by atoms with van der Waals surface area (Å²) in [5.41, 5.74) is 2.28. The number of esters is 1. The quantitative estimate of drug-likeness (QED) is 0.761. The first-order valence-corrected chi connectivity index (χ1v) is 9.73. The van der Waals surface area contributed by atoms with Crippen LogP contribution in [0.25, 0.3) is 0 Å². The van der Waals surface area contributed by atoms with E-state index in [4.69, 9.17) is 14.2 Å². The lowest BCUT2D eigenvalue weighted by Gasteiger charge is -2.22. The number of benzene rings is 2. The Balaban J connectivity index is 1.32. The molecule has 0 unspecified atom stereocenters. The molecule has 2 amide bonds. The second-order valence-corrected chi connectivity index (χ2v) is 7.26. The maximum Gasteiger partial charge on any atom is 0.311 e. The molecule has 0 aliphatic carbocycles. The van der Waals surface area contributed by atoms with Crippen LogP contribution >= 0.6 is 0 Å². The van der Waals surface area contributed by atoms with Crippen molar-refractivity contribution in [2.24, 2.45) is 5.92 Å². The molecule has 8 nitrogen and oxygen atoms in total. The van der Waals surface area contributed by atoms with Crippen molar-refractivity contribution in [2.45, 2.75) is 13.3 Å². The van der Waals surface area contributed by atoms with Crippen LogP contribution in [0, 0.1) is 12.8 Å². The lowest BCUT2D eigenvalue weighted by molar-refractivity contribution is -0.151. The zero-order valence-corrected chi connectivity index (χ0v) is 16.6. The molecule has 1 fully saturated rings. The third-order valence-electron chi connectivity index (χ3n) is 4.94. The number of aryl methyl sites for hydroxylation is 1. The molecule has 1 atom stereocenters. The van der Waals surface area contributed by atoms with Crippen molar-refractivity contribution in [2.75, 3.05) is 36.6 Å². The van der Waals surface area contributed by atoms with Crippen LogP contribution in [0.4, 0.5) is 11.4 Å². The number of ether oxygens (including phenoxy) is 3. The maximum atomic E-state index is 12.4. The fourth-order valence-corrected chi connectivity index (χ4v) is 3.49. The summed E-state index contributed by atoms with van der Waals surface area (Å²) in [7, 11) is 0. The van der Waals surface area contributed by atoms with Crippen molar-refractivity contribution < 1.29 is 28.6 Å². The smallest absolute Gasteiger partial charge is 0.311 e. The Bertz CT molecular complexity index is 989. The van der Waals surface area contributed by atoms with Gasteiger partial charge in [-0.15, -0.1) is 0 Å². The summed E-state index contributed by atoms with van der Waals surface area (Å²) >= 11 is 0. The number of nitrogens with zero attached hydrogens (tertiary/aromatic N) is 1. The standard InChI is InChI=1S/C22H22N2O6/c1-14-3-2-4-16(9-14)23-20(25)13-30-22(27)15-10-21(26)24(12-15)17-5-6-18-19(11-17)29-8-7-28-18/h2-6,9,11,15H,7-8,10,12-13H2,1H3,(H,23,25)/t15-/m0/s1. The van der Waals surface area contributed by atoms with Gasteiger partial charge in [0.05, 0.1) is 5.92 Å². The van der Waals surface area contributed by atoms with E-state index in [9.17, 15) is 14.4 Å². The Labute approximate surface area is 173 Å². The Hall–Kier alpha value is -3.55. The van der Waals surface area contributed by atoms with Gasteiger partial charge in [0.1, 0.15) is 13.2 Å². The van der Waals surface area contributed by atoms with Crippen molar-refractivity contribution in [3.63, 3.8) is 0 Å². The summed E-state index contributed by atoms with van der Waals surface area (Å²) in [5, 5.41) is 2.68. The van der Waals surface area contributed by atoms with Crippen LogP contribution in [0.3, 0.4) is 0 Å². The highest BCUT2D eigenvalue weighted by atomic mass is 16.6. The maximum absolute atomic E-state index is 12.4. The van der Waals surface area contributed by atoms with E-state index in [1.54, 1.807) is 24.3 Å². The molecule has 0 aromatic heterocycles. The van der Waals surface area contributed by atoms with Crippen molar-refractivity contribution >= 4 is 29.2 Å². The third kappa shape index (κ3) is 4.37. The molecule has 156 valence electrons. The summed E-state index contributed by atoms with van der Waals surface area (Å²) in [6.45, 7) is 2.64. The molecular formula is C22H22N2O6. The number of carbonyl (C=O) groups excluding carboxylic acids is 3. The Morgan fingerprint density at radius 3 is 2.73 bits per heavy atom. The fraction of sp³-hybridized carbons (Fsp3) is 0.318. The number of anilines is 2. The first-order chi connectivity index (χ1) is 14.5. The number of carbonyl (C=O) groups is 3. The topological polar surface area (TPSA) is 94.2 Å². The molecule has 2 aliphatic rings. The molecule has 2 aliphatic heterocycles. The second-order valence-electron chi connectivity index (χ2n) is 7.26. The number of amides is 2. The minimum Gasteiger partial charge on any atom is -0.486 e.